The summed E-state index contributed by atoms with van der Waals surface area (Å²) < 4.78 is 0. The lowest BCUT2D eigenvalue weighted by Gasteiger charge is -2.29. The first-order chi connectivity index (χ1) is 10.4. The Morgan fingerprint density at radius 1 is 0.773 bits per heavy atom. The Morgan fingerprint density at radius 2 is 1.36 bits per heavy atom. The van der Waals surface area contributed by atoms with Gasteiger partial charge >= 0.3 is 0 Å². The topological polar surface area (TPSA) is 118 Å². The lowest BCUT2D eigenvalue weighted by atomic mass is 9.74. The van der Waals surface area contributed by atoms with Crippen molar-refractivity contribution in [2.24, 2.45) is 0 Å². The van der Waals surface area contributed by atoms with Crippen molar-refractivity contribution < 1.29 is 30.3 Å². The third kappa shape index (κ3) is 1.93. The second-order valence-electron chi connectivity index (χ2n) is 5.00. The minimum Gasteiger partial charge on any atom is -0.510 e. The average molecular weight is 300 g/mol. The molecule has 22 heavy (non-hydrogen) atoms. The first kappa shape index (κ1) is 13.8. The van der Waals surface area contributed by atoms with Crippen LogP contribution in [0.5, 0.6) is 23.0 Å². The van der Waals surface area contributed by atoms with E-state index in [9.17, 15) is 30.3 Å². The van der Waals surface area contributed by atoms with E-state index in [0.29, 0.717) is 0 Å². The standard InChI is InChI=1S/C16H12O6/c17-7-1-3-9(11(19)5-7)13-15(21)14(16(13)22)10-4-2-8(18)6-12(10)20/h1-6,13,17-21H. The van der Waals surface area contributed by atoms with E-state index in [1.165, 1.54) is 24.3 Å². The van der Waals surface area contributed by atoms with Gasteiger partial charge in [-0.25, -0.2) is 0 Å². The maximum atomic E-state index is 12.3. The quantitative estimate of drug-likeness (QED) is 0.580. The summed E-state index contributed by atoms with van der Waals surface area (Å²) >= 11 is 0. The van der Waals surface area contributed by atoms with E-state index in [4.69, 9.17) is 0 Å². The fraction of sp³-hybridized carbons (Fsp3) is 0.0625. The Balaban J connectivity index is 2.06. The van der Waals surface area contributed by atoms with Gasteiger partial charge in [0.2, 0.25) is 0 Å². The highest BCUT2D eigenvalue weighted by atomic mass is 16.3. The number of carbonyl (C=O) groups is 1. The van der Waals surface area contributed by atoms with Crippen LogP contribution in [0.25, 0.3) is 5.57 Å². The van der Waals surface area contributed by atoms with E-state index in [0.717, 1.165) is 12.1 Å². The minimum atomic E-state index is -1.04. The van der Waals surface area contributed by atoms with E-state index in [1.54, 1.807) is 0 Å². The summed E-state index contributed by atoms with van der Waals surface area (Å²) in [5.74, 6) is -2.76. The molecule has 1 aliphatic carbocycles. The van der Waals surface area contributed by atoms with Crippen LogP contribution in [0.2, 0.25) is 0 Å². The fourth-order valence-corrected chi connectivity index (χ4v) is 2.53. The lowest BCUT2D eigenvalue weighted by Crippen LogP contribution is -2.28. The van der Waals surface area contributed by atoms with Crippen molar-refractivity contribution >= 4 is 11.4 Å². The number of aromatic hydroxyl groups is 4. The molecule has 1 atom stereocenters. The van der Waals surface area contributed by atoms with Gasteiger partial charge in [-0.3, -0.25) is 4.79 Å². The number of ketones is 1. The molecule has 5 N–H and O–H groups in total. The second kappa shape index (κ2) is 4.70. The van der Waals surface area contributed by atoms with Crippen LogP contribution in [0, 0.1) is 0 Å². The third-order valence-corrected chi connectivity index (χ3v) is 3.61. The van der Waals surface area contributed by atoms with Crippen LogP contribution in [0.1, 0.15) is 17.0 Å². The molecule has 1 unspecified atom stereocenters. The first-order valence-electron chi connectivity index (χ1n) is 6.41. The molecule has 0 saturated heterocycles. The van der Waals surface area contributed by atoms with E-state index >= 15 is 0 Å². The lowest BCUT2D eigenvalue weighted by molar-refractivity contribution is -0.116. The van der Waals surface area contributed by atoms with Gasteiger partial charge in [0.25, 0.3) is 0 Å². The fourth-order valence-electron chi connectivity index (χ4n) is 2.53. The second-order valence-corrected chi connectivity index (χ2v) is 5.00. The van der Waals surface area contributed by atoms with Crippen molar-refractivity contribution in [1.29, 1.82) is 0 Å². The molecule has 2 aromatic rings. The van der Waals surface area contributed by atoms with Gasteiger partial charge in [0.05, 0.1) is 5.57 Å². The molecule has 0 aromatic heterocycles. The summed E-state index contributed by atoms with van der Waals surface area (Å²) in [5, 5.41) is 48.2. The molecular weight excluding hydrogens is 288 g/mol. The maximum Gasteiger partial charge on any atom is 0.182 e. The van der Waals surface area contributed by atoms with Crippen molar-refractivity contribution in [2.75, 3.05) is 0 Å². The molecule has 112 valence electrons. The van der Waals surface area contributed by atoms with Gasteiger partial charge in [-0.15, -0.1) is 0 Å². The Kier molecular flexibility index (Phi) is 2.95. The van der Waals surface area contributed by atoms with Crippen LogP contribution in [-0.4, -0.2) is 31.3 Å². The Bertz CT molecular complexity index is 821. The molecule has 3 rings (SSSR count). The van der Waals surface area contributed by atoms with Crippen LogP contribution < -0.4 is 0 Å². The van der Waals surface area contributed by atoms with Crippen molar-refractivity contribution in [1.82, 2.24) is 0 Å². The molecule has 0 amide bonds. The van der Waals surface area contributed by atoms with Crippen LogP contribution in [0.4, 0.5) is 0 Å². The highest BCUT2D eigenvalue weighted by Crippen LogP contribution is 2.47. The molecule has 0 aliphatic heterocycles. The number of hydrogen-bond donors (Lipinski definition) is 5. The number of phenols is 4. The summed E-state index contributed by atoms with van der Waals surface area (Å²) in [5.41, 5.74) is 0.215. The number of rotatable bonds is 2. The number of carbonyl (C=O) groups excluding carboxylic acids is 1. The van der Waals surface area contributed by atoms with Gasteiger partial charge in [0.15, 0.2) is 5.78 Å². The monoisotopic (exact) mass is 300 g/mol. The van der Waals surface area contributed by atoms with Gasteiger partial charge in [0.1, 0.15) is 34.7 Å². The molecule has 6 nitrogen and oxygen atoms in total. The maximum absolute atomic E-state index is 12.3. The average Bonchev–Trinajstić information content (AvgIpc) is 2.45. The first-order valence-corrected chi connectivity index (χ1v) is 6.41. The highest BCUT2D eigenvalue weighted by Gasteiger charge is 2.43. The van der Waals surface area contributed by atoms with E-state index in [2.05, 4.69) is 0 Å². The van der Waals surface area contributed by atoms with Gasteiger partial charge in [-0.1, -0.05) is 6.07 Å². The van der Waals surface area contributed by atoms with Crippen molar-refractivity contribution in [3.05, 3.63) is 53.3 Å². The van der Waals surface area contributed by atoms with E-state index in [-0.39, 0.29) is 45.5 Å². The number of aliphatic hydroxyl groups is 1. The molecule has 2 aromatic carbocycles. The minimum absolute atomic E-state index is 0.0602. The highest BCUT2D eigenvalue weighted by molar-refractivity contribution is 6.32. The SMILES string of the molecule is O=C1C(c2ccc(O)cc2O)=C(O)C1c1ccc(O)cc1O. The van der Waals surface area contributed by atoms with Crippen LogP contribution in [0.3, 0.4) is 0 Å². The van der Waals surface area contributed by atoms with Crippen LogP contribution in [0.15, 0.2) is 42.2 Å². The number of hydrogen-bond acceptors (Lipinski definition) is 6. The number of Topliss-reactive ketones (excluding diaryl/α,β-unsaturated/α-hetero) is 1. The van der Waals surface area contributed by atoms with Gasteiger partial charge in [0, 0.05) is 23.3 Å². The summed E-state index contributed by atoms with van der Waals surface area (Å²) in [7, 11) is 0. The predicted octanol–water partition coefficient (Wildman–Crippen LogP) is 2.14. The molecule has 0 saturated carbocycles. The molecule has 1 aliphatic rings. The molecule has 6 heteroatoms. The van der Waals surface area contributed by atoms with Gasteiger partial charge < -0.3 is 25.5 Å². The zero-order valence-electron chi connectivity index (χ0n) is 11.2. The Hall–Kier alpha value is -3.15. The van der Waals surface area contributed by atoms with Gasteiger partial charge in [-0.05, 0) is 18.2 Å². The Morgan fingerprint density at radius 3 is 1.91 bits per heavy atom. The van der Waals surface area contributed by atoms with Crippen LogP contribution >= 0.6 is 0 Å². The normalized spacial score (nSPS) is 17.5. The number of benzene rings is 2. The zero-order chi connectivity index (χ0) is 16.0. The molecule has 0 radical (unpaired) electrons. The van der Waals surface area contributed by atoms with Crippen molar-refractivity contribution in [3.63, 3.8) is 0 Å². The van der Waals surface area contributed by atoms with Crippen molar-refractivity contribution in [2.45, 2.75) is 5.92 Å². The zero-order valence-corrected chi connectivity index (χ0v) is 11.2. The van der Waals surface area contributed by atoms with Gasteiger partial charge in [-0.2, -0.15) is 0 Å². The number of allylic oxidation sites excluding steroid dienone is 2. The largest absolute Gasteiger partial charge is 0.510 e. The smallest absolute Gasteiger partial charge is 0.182 e. The van der Waals surface area contributed by atoms with Crippen LogP contribution in [-0.2, 0) is 4.79 Å². The molecule has 0 heterocycles. The summed E-state index contributed by atoms with van der Waals surface area (Å²) in [6.07, 6.45) is 0. The predicted molar refractivity (Wildman–Crippen MR) is 76.8 cm³/mol. The number of phenolic OH excluding ortho intramolecular Hbond substituents is 4. The van der Waals surface area contributed by atoms with E-state index < -0.39 is 11.7 Å². The summed E-state index contributed by atoms with van der Waals surface area (Å²) in [6.45, 7) is 0. The third-order valence-electron chi connectivity index (χ3n) is 3.61. The number of aliphatic hydroxyl groups excluding tert-OH is 1. The molecule has 0 spiro atoms. The molecule has 0 bridgehead atoms. The summed E-state index contributed by atoms with van der Waals surface area (Å²) in [6, 6.07) is 7.39. The Labute approximate surface area is 124 Å². The van der Waals surface area contributed by atoms with E-state index in [1.807, 2.05) is 0 Å². The van der Waals surface area contributed by atoms with Crippen molar-refractivity contribution in [3.8, 4) is 23.0 Å². The summed E-state index contributed by atoms with van der Waals surface area (Å²) in [4.78, 5) is 12.3. The molecule has 0 fully saturated rings. The molecular formula is C16H12O6.